The Labute approximate surface area is 130 Å². The Balaban J connectivity index is 2.27. The van der Waals surface area contributed by atoms with Crippen LogP contribution in [0.3, 0.4) is 0 Å². The van der Waals surface area contributed by atoms with E-state index in [1.54, 1.807) is 0 Å². The molecule has 3 N–H and O–H groups in total. The highest BCUT2D eigenvalue weighted by atomic mass is 79.9. The van der Waals surface area contributed by atoms with Crippen molar-refractivity contribution in [1.29, 1.82) is 0 Å². The molecule has 1 aliphatic rings. The third kappa shape index (κ3) is 4.00. The second kappa shape index (κ2) is 6.39. The molecule has 1 saturated heterocycles. The Morgan fingerprint density at radius 1 is 1.48 bits per heavy atom. The predicted octanol–water partition coefficient (Wildman–Crippen LogP) is 1.14. The summed E-state index contributed by atoms with van der Waals surface area (Å²) in [5.41, 5.74) is -0.106. The lowest BCUT2D eigenvalue weighted by molar-refractivity contribution is 0.0624. The fourth-order valence-corrected chi connectivity index (χ4v) is 3.57. The Bertz CT molecular complexity index is 659. The molecular weight excluding hydrogens is 367 g/mol. The number of sulfonamides is 1. The molecule has 1 aromatic carbocycles. The van der Waals surface area contributed by atoms with E-state index in [2.05, 4.69) is 21.2 Å². The summed E-state index contributed by atoms with van der Waals surface area (Å²) in [7, 11) is -4.14. The molecule has 1 amide bonds. The van der Waals surface area contributed by atoms with Gasteiger partial charge in [-0.15, -0.1) is 0 Å². The van der Waals surface area contributed by atoms with Crippen molar-refractivity contribution in [1.82, 2.24) is 5.32 Å². The number of carbonyl (C=O) groups is 1. The number of amides is 1. The summed E-state index contributed by atoms with van der Waals surface area (Å²) in [5, 5.41) is 7.68. The number of rotatable bonds is 3. The van der Waals surface area contributed by atoms with Crippen LogP contribution in [-0.2, 0) is 14.8 Å². The van der Waals surface area contributed by atoms with Gasteiger partial charge in [0.1, 0.15) is 5.82 Å². The van der Waals surface area contributed by atoms with Crippen LogP contribution in [0.4, 0.5) is 4.39 Å². The number of halogens is 2. The molecule has 1 heterocycles. The first-order chi connectivity index (χ1) is 9.79. The van der Waals surface area contributed by atoms with E-state index in [9.17, 15) is 17.6 Å². The summed E-state index contributed by atoms with van der Waals surface area (Å²) in [5.74, 6) is -1.44. The summed E-state index contributed by atoms with van der Waals surface area (Å²) in [6.45, 7) is 1.03. The van der Waals surface area contributed by atoms with Crippen LogP contribution in [0.25, 0.3) is 0 Å². The topological polar surface area (TPSA) is 98.5 Å². The SMILES string of the molecule is NS(=O)(=O)c1cc(C(=O)NC2CCCOC2)cc(F)c1Br. The van der Waals surface area contributed by atoms with Crippen LogP contribution in [0.1, 0.15) is 23.2 Å². The Kier molecular flexibility index (Phi) is 4.97. The van der Waals surface area contributed by atoms with Gasteiger partial charge in [0.25, 0.3) is 5.91 Å². The molecule has 1 atom stereocenters. The van der Waals surface area contributed by atoms with E-state index in [0.29, 0.717) is 13.2 Å². The van der Waals surface area contributed by atoms with Gasteiger partial charge in [-0.3, -0.25) is 4.79 Å². The van der Waals surface area contributed by atoms with Gasteiger partial charge < -0.3 is 10.1 Å². The molecule has 1 aromatic rings. The van der Waals surface area contributed by atoms with E-state index < -0.39 is 26.6 Å². The largest absolute Gasteiger partial charge is 0.379 e. The number of hydrogen-bond donors (Lipinski definition) is 2. The van der Waals surface area contributed by atoms with Crippen LogP contribution in [0.5, 0.6) is 0 Å². The standard InChI is InChI=1S/C12H14BrFN2O4S/c13-11-9(14)4-7(5-10(11)21(15,18)19)12(17)16-8-2-1-3-20-6-8/h4-5,8H,1-3,6H2,(H,16,17)(H2,15,18,19). The second-order valence-corrected chi connectivity index (χ2v) is 7.03. The maximum absolute atomic E-state index is 13.7. The Morgan fingerprint density at radius 2 is 2.19 bits per heavy atom. The lowest BCUT2D eigenvalue weighted by atomic mass is 10.1. The van der Waals surface area contributed by atoms with Crippen LogP contribution in [-0.4, -0.2) is 33.6 Å². The van der Waals surface area contributed by atoms with Crippen molar-refractivity contribution >= 4 is 31.9 Å². The highest BCUT2D eigenvalue weighted by Crippen LogP contribution is 2.26. The zero-order valence-corrected chi connectivity index (χ0v) is 13.3. The van der Waals surface area contributed by atoms with Crippen molar-refractivity contribution in [3.8, 4) is 0 Å². The average molecular weight is 381 g/mol. The monoisotopic (exact) mass is 380 g/mol. The van der Waals surface area contributed by atoms with Crippen LogP contribution < -0.4 is 10.5 Å². The summed E-state index contributed by atoms with van der Waals surface area (Å²) in [6, 6.07) is 1.83. The maximum atomic E-state index is 13.7. The van der Waals surface area contributed by atoms with E-state index in [4.69, 9.17) is 9.88 Å². The number of ether oxygens (including phenoxy) is 1. The molecule has 0 spiro atoms. The third-order valence-electron chi connectivity index (χ3n) is 3.06. The lowest BCUT2D eigenvalue weighted by Crippen LogP contribution is -2.40. The molecule has 1 fully saturated rings. The summed E-state index contributed by atoms with van der Waals surface area (Å²) in [4.78, 5) is 11.6. The minimum atomic E-state index is -4.14. The Morgan fingerprint density at radius 3 is 2.76 bits per heavy atom. The fourth-order valence-electron chi connectivity index (χ4n) is 2.03. The summed E-state index contributed by atoms with van der Waals surface area (Å²) >= 11 is 2.81. The number of hydrogen-bond acceptors (Lipinski definition) is 4. The number of nitrogens with two attached hydrogens (primary N) is 1. The lowest BCUT2D eigenvalue weighted by Gasteiger charge is -2.23. The van der Waals surface area contributed by atoms with Crippen molar-refractivity contribution in [2.75, 3.05) is 13.2 Å². The fraction of sp³-hybridized carbons (Fsp3) is 0.417. The van der Waals surface area contributed by atoms with Crippen molar-refractivity contribution in [2.45, 2.75) is 23.8 Å². The van der Waals surface area contributed by atoms with Crippen LogP contribution in [0, 0.1) is 5.82 Å². The first-order valence-corrected chi connectivity index (χ1v) is 8.53. The van der Waals surface area contributed by atoms with Gasteiger partial charge in [0.15, 0.2) is 0 Å². The highest BCUT2D eigenvalue weighted by Gasteiger charge is 2.22. The van der Waals surface area contributed by atoms with Crippen LogP contribution in [0.15, 0.2) is 21.5 Å². The van der Waals surface area contributed by atoms with Crippen molar-refractivity contribution in [3.05, 3.63) is 28.0 Å². The molecule has 0 saturated carbocycles. The predicted molar refractivity (Wildman–Crippen MR) is 76.8 cm³/mol. The van der Waals surface area contributed by atoms with E-state index in [0.717, 1.165) is 25.0 Å². The van der Waals surface area contributed by atoms with Crippen LogP contribution >= 0.6 is 15.9 Å². The smallest absolute Gasteiger partial charge is 0.251 e. The molecule has 0 bridgehead atoms. The van der Waals surface area contributed by atoms with E-state index >= 15 is 0 Å². The number of carbonyl (C=O) groups excluding carboxylic acids is 1. The van der Waals surface area contributed by atoms with Gasteiger partial charge in [0.05, 0.1) is 22.0 Å². The first kappa shape index (κ1) is 16.3. The maximum Gasteiger partial charge on any atom is 0.251 e. The van der Waals surface area contributed by atoms with E-state index in [1.165, 1.54) is 0 Å². The first-order valence-electron chi connectivity index (χ1n) is 6.19. The van der Waals surface area contributed by atoms with Gasteiger partial charge in [-0.1, -0.05) is 0 Å². The molecular formula is C12H14BrFN2O4S. The number of primary sulfonamides is 1. The minimum Gasteiger partial charge on any atom is -0.379 e. The molecule has 1 aliphatic heterocycles. The number of benzene rings is 1. The zero-order valence-electron chi connectivity index (χ0n) is 10.9. The third-order valence-corrected chi connectivity index (χ3v) is 5.06. The quantitative estimate of drug-likeness (QED) is 0.821. The highest BCUT2D eigenvalue weighted by molar-refractivity contribution is 9.10. The van der Waals surface area contributed by atoms with Gasteiger partial charge in [-0.05, 0) is 40.9 Å². The second-order valence-electron chi connectivity index (χ2n) is 4.70. The normalized spacial score (nSPS) is 19.3. The van der Waals surface area contributed by atoms with E-state index in [-0.39, 0.29) is 16.1 Å². The average Bonchev–Trinajstić information content (AvgIpc) is 2.41. The molecule has 2 rings (SSSR count). The molecule has 6 nitrogen and oxygen atoms in total. The molecule has 116 valence electrons. The molecule has 21 heavy (non-hydrogen) atoms. The van der Waals surface area contributed by atoms with Crippen molar-refractivity contribution in [3.63, 3.8) is 0 Å². The molecule has 0 aromatic heterocycles. The zero-order chi connectivity index (χ0) is 15.6. The van der Waals surface area contributed by atoms with Gasteiger partial charge in [0, 0.05) is 12.2 Å². The Hall–Kier alpha value is -1.03. The van der Waals surface area contributed by atoms with Gasteiger partial charge in [0.2, 0.25) is 10.0 Å². The van der Waals surface area contributed by atoms with Crippen LogP contribution in [0.2, 0.25) is 0 Å². The van der Waals surface area contributed by atoms with Gasteiger partial charge >= 0.3 is 0 Å². The van der Waals surface area contributed by atoms with Crippen molar-refractivity contribution < 1.29 is 22.3 Å². The molecule has 9 heteroatoms. The van der Waals surface area contributed by atoms with E-state index in [1.807, 2.05) is 0 Å². The summed E-state index contributed by atoms with van der Waals surface area (Å²) in [6.07, 6.45) is 1.58. The minimum absolute atomic E-state index is 0.106. The van der Waals surface area contributed by atoms with Gasteiger partial charge in [-0.2, -0.15) is 0 Å². The van der Waals surface area contributed by atoms with Crippen molar-refractivity contribution in [2.24, 2.45) is 5.14 Å². The molecule has 0 radical (unpaired) electrons. The molecule has 1 unspecified atom stereocenters. The van der Waals surface area contributed by atoms with Gasteiger partial charge in [-0.25, -0.2) is 17.9 Å². The number of nitrogens with one attached hydrogen (secondary N) is 1. The summed E-state index contributed by atoms with van der Waals surface area (Å²) < 4.78 is 41.5. The molecule has 0 aliphatic carbocycles.